The number of aliphatic hydroxyl groups is 1. The Labute approximate surface area is 97.2 Å². The Hall–Kier alpha value is -1.54. The molecule has 0 saturated carbocycles. The van der Waals surface area contributed by atoms with E-state index < -0.39 is 0 Å². The highest BCUT2D eigenvalue weighted by Crippen LogP contribution is 2.21. The molecule has 0 aliphatic heterocycles. The van der Waals surface area contributed by atoms with Crippen LogP contribution in [0, 0.1) is 0 Å². The lowest BCUT2D eigenvalue weighted by atomic mass is 9.86. The molecule has 1 aliphatic rings. The summed E-state index contributed by atoms with van der Waals surface area (Å²) in [6.45, 7) is 3.70. The number of allylic oxidation sites excluding steroid dienone is 2. The topological polar surface area (TPSA) is 20.2 Å². The molecule has 1 nitrogen and oxygen atoms in total. The standard InChI is InChI=1S/C14H13BO/c1-2-10-3-4-12(9-14(10)15)11-5-7-13(16)8-6-11/h2-7,9,13,16H,1,8H2. The van der Waals surface area contributed by atoms with E-state index in [2.05, 4.69) is 6.58 Å². The highest BCUT2D eigenvalue weighted by molar-refractivity contribution is 6.34. The third-order valence-corrected chi connectivity index (χ3v) is 2.72. The Morgan fingerprint density at radius 2 is 2.25 bits per heavy atom. The molecule has 1 N–H and O–H groups in total. The summed E-state index contributed by atoms with van der Waals surface area (Å²) in [6.07, 6.45) is 7.80. The summed E-state index contributed by atoms with van der Waals surface area (Å²) in [7, 11) is 5.89. The summed E-state index contributed by atoms with van der Waals surface area (Å²) in [6, 6.07) is 5.91. The Morgan fingerprint density at radius 3 is 2.81 bits per heavy atom. The average molecular weight is 208 g/mol. The molecule has 1 aliphatic carbocycles. The van der Waals surface area contributed by atoms with Crippen molar-refractivity contribution in [1.82, 2.24) is 0 Å². The van der Waals surface area contributed by atoms with Crippen molar-refractivity contribution in [1.29, 1.82) is 0 Å². The molecule has 2 rings (SSSR count). The van der Waals surface area contributed by atoms with Crippen molar-refractivity contribution < 1.29 is 5.11 Å². The van der Waals surface area contributed by atoms with Gasteiger partial charge in [0.05, 0.1) is 6.10 Å². The quantitative estimate of drug-likeness (QED) is 0.735. The lowest BCUT2D eigenvalue weighted by molar-refractivity contribution is 0.226. The van der Waals surface area contributed by atoms with Crippen molar-refractivity contribution in [3.8, 4) is 0 Å². The lowest BCUT2D eigenvalue weighted by Gasteiger charge is -2.12. The van der Waals surface area contributed by atoms with Gasteiger partial charge in [-0.1, -0.05) is 54.5 Å². The largest absolute Gasteiger partial charge is 0.389 e. The summed E-state index contributed by atoms with van der Waals surface area (Å²) < 4.78 is 0. The molecule has 2 radical (unpaired) electrons. The monoisotopic (exact) mass is 208 g/mol. The molecule has 0 spiro atoms. The van der Waals surface area contributed by atoms with E-state index in [1.807, 2.05) is 30.4 Å². The second kappa shape index (κ2) is 4.54. The average Bonchev–Trinajstić information content (AvgIpc) is 2.30. The van der Waals surface area contributed by atoms with Gasteiger partial charge >= 0.3 is 0 Å². The van der Waals surface area contributed by atoms with E-state index in [9.17, 15) is 5.11 Å². The van der Waals surface area contributed by atoms with Gasteiger partial charge < -0.3 is 5.11 Å². The molecule has 0 bridgehead atoms. The first-order chi connectivity index (χ1) is 7.70. The molecule has 0 heterocycles. The van der Waals surface area contributed by atoms with Crippen LogP contribution in [0.5, 0.6) is 0 Å². The highest BCUT2D eigenvalue weighted by Gasteiger charge is 2.07. The summed E-state index contributed by atoms with van der Waals surface area (Å²) in [5, 5.41) is 9.34. The van der Waals surface area contributed by atoms with Gasteiger partial charge in [0.25, 0.3) is 0 Å². The maximum Gasteiger partial charge on any atom is 0.114 e. The SMILES string of the molecule is [B]c1cc(C2=CCC(O)C=C2)ccc1C=C. The van der Waals surface area contributed by atoms with Crippen LogP contribution in [0.4, 0.5) is 0 Å². The van der Waals surface area contributed by atoms with E-state index in [4.69, 9.17) is 7.85 Å². The molecule has 0 fully saturated rings. The molecular weight excluding hydrogens is 195 g/mol. The molecule has 1 aromatic carbocycles. The lowest BCUT2D eigenvalue weighted by Crippen LogP contribution is -2.09. The Kier molecular flexibility index (Phi) is 3.11. The molecule has 16 heavy (non-hydrogen) atoms. The number of hydrogen-bond acceptors (Lipinski definition) is 1. The number of rotatable bonds is 2. The molecule has 1 unspecified atom stereocenters. The van der Waals surface area contributed by atoms with Crippen LogP contribution in [0.15, 0.2) is 43.0 Å². The van der Waals surface area contributed by atoms with E-state index in [1.54, 1.807) is 12.2 Å². The maximum atomic E-state index is 9.34. The Morgan fingerprint density at radius 1 is 1.44 bits per heavy atom. The highest BCUT2D eigenvalue weighted by atomic mass is 16.3. The number of aliphatic hydroxyl groups excluding tert-OH is 1. The first kappa shape index (κ1) is 11.0. The molecule has 0 amide bonds. The minimum absolute atomic E-state index is 0.353. The summed E-state index contributed by atoms with van der Waals surface area (Å²) in [5.41, 5.74) is 3.86. The third kappa shape index (κ3) is 2.17. The van der Waals surface area contributed by atoms with Crippen LogP contribution in [-0.4, -0.2) is 19.1 Å². The van der Waals surface area contributed by atoms with Crippen LogP contribution in [0.1, 0.15) is 17.5 Å². The fourth-order valence-corrected chi connectivity index (χ4v) is 1.76. The van der Waals surface area contributed by atoms with Crippen molar-refractivity contribution in [2.75, 3.05) is 0 Å². The molecule has 78 valence electrons. The van der Waals surface area contributed by atoms with E-state index in [0.717, 1.165) is 22.2 Å². The smallest absolute Gasteiger partial charge is 0.114 e. The van der Waals surface area contributed by atoms with Crippen LogP contribution in [0.2, 0.25) is 0 Å². The molecule has 1 aromatic rings. The van der Waals surface area contributed by atoms with Gasteiger partial charge in [-0.25, -0.2) is 0 Å². The van der Waals surface area contributed by atoms with Crippen LogP contribution < -0.4 is 5.46 Å². The zero-order valence-corrected chi connectivity index (χ0v) is 9.06. The summed E-state index contributed by atoms with van der Waals surface area (Å²) in [4.78, 5) is 0. The summed E-state index contributed by atoms with van der Waals surface area (Å²) >= 11 is 0. The molecular formula is C14H13BO. The van der Waals surface area contributed by atoms with Crippen molar-refractivity contribution in [2.24, 2.45) is 0 Å². The molecule has 2 heteroatoms. The molecule has 0 saturated heterocycles. The van der Waals surface area contributed by atoms with Crippen molar-refractivity contribution >= 4 is 25.0 Å². The van der Waals surface area contributed by atoms with Gasteiger partial charge in [-0.15, -0.1) is 0 Å². The fraction of sp³-hybridized carbons (Fsp3) is 0.143. The zero-order valence-electron chi connectivity index (χ0n) is 9.06. The minimum atomic E-state index is -0.353. The van der Waals surface area contributed by atoms with Crippen LogP contribution in [0.3, 0.4) is 0 Å². The van der Waals surface area contributed by atoms with E-state index in [-0.39, 0.29) is 6.10 Å². The van der Waals surface area contributed by atoms with Gasteiger partial charge in [-0.05, 0) is 23.1 Å². The first-order valence-corrected chi connectivity index (χ1v) is 5.29. The maximum absolute atomic E-state index is 9.34. The third-order valence-electron chi connectivity index (χ3n) is 2.72. The minimum Gasteiger partial charge on any atom is -0.389 e. The van der Waals surface area contributed by atoms with Crippen LogP contribution in [-0.2, 0) is 0 Å². The second-order valence-corrected chi connectivity index (χ2v) is 3.87. The van der Waals surface area contributed by atoms with E-state index in [1.165, 1.54) is 0 Å². The van der Waals surface area contributed by atoms with Crippen molar-refractivity contribution in [3.63, 3.8) is 0 Å². The van der Waals surface area contributed by atoms with Gasteiger partial charge in [0.2, 0.25) is 0 Å². The molecule has 1 atom stereocenters. The first-order valence-electron chi connectivity index (χ1n) is 5.29. The van der Waals surface area contributed by atoms with Gasteiger partial charge in [-0.3, -0.25) is 0 Å². The van der Waals surface area contributed by atoms with Crippen LogP contribution in [0.25, 0.3) is 11.6 Å². The van der Waals surface area contributed by atoms with Gasteiger partial charge in [0, 0.05) is 0 Å². The molecule has 0 aromatic heterocycles. The Balaban J connectivity index is 2.32. The summed E-state index contributed by atoms with van der Waals surface area (Å²) in [5.74, 6) is 0. The van der Waals surface area contributed by atoms with Gasteiger partial charge in [-0.2, -0.15) is 0 Å². The normalized spacial score (nSPS) is 19.3. The fourth-order valence-electron chi connectivity index (χ4n) is 1.76. The van der Waals surface area contributed by atoms with Crippen molar-refractivity contribution in [2.45, 2.75) is 12.5 Å². The predicted molar refractivity (Wildman–Crippen MR) is 69.7 cm³/mol. The van der Waals surface area contributed by atoms with E-state index in [0.29, 0.717) is 6.42 Å². The number of benzene rings is 1. The predicted octanol–water partition coefficient (Wildman–Crippen LogP) is 1.83. The zero-order chi connectivity index (χ0) is 11.5. The Bertz CT molecular complexity index is 472. The number of hydrogen-bond donors (Lipinski definition) is 1. The van der Waals surface area contributed by atoms with Gasteiger partial charge in [0.1, 0.15) is 7.85 Å². The second-order valence-electron chi connectivity index (χ2n) is 3.87. The van der Waals surface area contributed by atoms with Gasteiger partial charge in [0.15, 0.2) is 0 Å². The van der Waals surface area contributed by atoms with Crippen LogP contribution >= 0.6 is 0 Å². The van der Waals surface area contributed by atoms with E-state index >= 15 is 0 Å². The van der Waals surface area contributed by atoms with Crippen molar-refractivity contribution in [3.05, 3.63) is 54.1 Å².